The summed E-state index contributed by atoms with van der Waals surface area (Å²) in [6.45, 7) is 4.08. The number of amides is 1. The number of nitrogens with zero attached hydrogens (tertiary/aromatic N) is 2. The number of nitriles is 1. The molecule has 104 valence electrons. The van der Waals surface area contributed by atoms with Crippen LogP contribution in [0, 0.1) is 11.3 Å². The van der Waals surface area contributed by atoms with Gasteiger partial charge in [-0.15, -0.1) is 0 Å². The van der Waals surface area contributed by atoms with Crippen molar-refractivity contribution in [2.24, 2.45) is 0 Å². The highest BCUT2D eigenvalue weighted by molar-refractivity contribution is 8.14. The third-order valence-electron chi connectivity index (χ3n) is 3.30. The van der Waals surface area contributed by atoms with Gasteiger partial charge in [0.05, 0.1) is 11.6 Å². The van der Waals surface area contributed by atoms with Crippen LogP contribution in [0.2, 0.25) is 0 Å². The van der Waals surface area contributed by atoms with E-state index in [-0.39, 0.29) is 16.3 Å². The van der Waals surface area contributed by atoms with E-state index in [0.29, 0.717) is 18.5 Å². The number of thioether (sulfide) groups is 1. The summed E-state index contributed by atoms with van der Waals surface area (Å²) in [7, 11) is 0. The van der Waals surface area contributed by atoms with Crippen LogP contribution >= 0.6 is 11.8 Å². The molecule has 0 spiro atoms. The van der Waals surface area contributed by atoms with Crippen molar-refractivity contribution in [1.29, 1.82) is 5.26 Å². The lowest BCUT2D eigenvalue weighted by Gasteiger charge is -2.20. The Kier molecular flexibility index (Phi) is 4.46. The monoisotopic (exact) mass is 288 g/mol. The second-order valence-corrected chi connectivity index (χ2v) is 6.23. The molecule has 0 saturated carbocycles. The van der Waals surface area contributed by atoms with Crippen molar-refractivity contribution in [3.63, 3.8) is 0 Å². The summed E-state index contributed by atoms with van der Waals surface area (Å²) in [6.07, 6.45) is 1.16. The van der Waals surface area contributed by atoms with Crippen LogP contribution in [-0.4, -0.2) is 22.8 Å². The van der Waals surface area contributed by atoms with E-state index in [2.05, 4.69) is 6.07 Å². The van der Waals surface area contributed by atoms with Gasteiger partial charge in [0.2, 0.25) is 5.91 Å². The van der Waals surface area contributed by atoms with Crippen LogP contribution < -0.4 is 4.90 Å². The molecule has 20 heavy (non-hydrogen) atoms. The molecule has 1 fully saturated rings. The topological polar surface area (TPSA) is 61.2 Å². The Morgan fingerprint density at radius 1 is 1.55 bits per heavy atom. The molecule has 0 aliphatic carbocycles. The molecule has 5 heteroatoms. The van der Waals surface area contributed by atoms with Crippen molar-refractivity contribution >= 4 is 28.5 Å². The first kappa shape index (κ1) is 14.6. The number of rotatable bonds is 3. The van der Waals surface area contributed by atoms with Crippen LogP contribution in [0.1, 0.15) is 31.4 Å². The Bertz CT molecular complexity index is 592. The van der Waals surface area contributed by atoms with Crippen LogP contribution in [-0.2, 0) is 16.0 Å². The molecule has 1 saturated heterocycles. The molecular weight excluding hydrogens is 272 g/mol. The Labute approximate surface area is 122 Å². The Morgan fingerprint density at radius 3 is 2.90 bits per heavy atom. The van der Waals surface area contributed by atoms with Crippen molar-refractivity contribution in [1.82, 2.24) is 0 Å². The molecule has 1 aliphatic heterocycles. The van der Waals surface area contributed by atoms with E-state index < -0.39 is 0 Å². The molecule has 0 radical (unpaired) electrons. The van der Waals surface area contributed by atoms with Gasteiger partial charge in [0, 0.05) is 30.8 Å². The number of aryl methyl sites for hydroxylation is 1. The van der Waals surface area contributed by atoms with E-state index in [1.807, 2.05) is 19.1 Å². The van der Waals surface area contributed by atoms with Gasteiger partial charge in [-0.3, -0.25) is 9.59 Å². The first-order chi connectivity index (χ1) is 9.55. The van der Waals surface area contributed by atoms with Crippen molar-refractivity contribution in [3.8, 4) is 6.07 Å². The Balaban J connectivity index is 2.26. The molecule has 1 unspecified atom stereocenters. The summed E-state index contributed by atoms with van der Waals surface area (Å²) >= 11 is 1.23. The highest BCUT2D eigenvalue weighted by Gasteiger charge is 2.32. The van der Waals surface area contributed by atoms with Crippen LogP contribution in [0.15, 0.2) is 18.2 Å². The van der Waals surface area contributed by atoms with Crippen LogP contribution in [0.25, 0.3) is 0 Å². The first-order valence-electron chi connectivity index (χ1n) is 6.55. The molecule has 1 aromatic carbocycles. The van der Waals surface area contributed by atoms with Crippen LogP contribution in [0.4, 0.5) is 5.69 Å². The molecule has 0 N–H and O–H groups in total. The molecule has 1 aromatic rings. The van der Waals surface area contributed by atoms with E-state index in [4.69, 9.17) is 5.26 Å². The fourth-order valence-electron chi connectivity index (χ4n) is 2.42. The summed E-state index contributed by atoms with van der Waals surface area (Å²) in [5.41, 5.74) is 2.46. The van der Waals surface area contributed by atoms with Crippen molar-refractivity contribution in [2.75, 3.05) is 11.4 Å². The average molecular weight is 288 g/mol. The van der Waals surface area contributed by atoms with E-state index in [9.17, 15) is 9.59 Å². The molecule has 1 aliphatic rings. The molecular formula is C15H16N2O2S. The maximum absolute atomic E-state index is 12.1. The molecule has 0 bridgehead atoms. The van der Waals surface area contributed by atoms with Crippen molar-refractivity contribution < 1.29 is 9.59 Å². The zero-order valence-corrected chi connectivity index (χ0v) is 12.4. The molecule has 2 rings (SSSR count). The second kappa shape index (κ2) is 6.10. The Morgan fingerprint density at radius 2 is 2.30 bits per heavy atom. The minimum Gasteiger partial charge on any atom is -0.311 e. The fraction of sp³-hybridized carbons (Fsp3) is 0.400. The van der Waals surface area contributed by atoms with Gasteiger partial charge >= 0.3 is 0 Å². The molecule has 1 atom stereocenters. The van der Waals surface area contributed by atoms with E-state index in [1.54, 1.807) is 11.0 Å². The smallest absolute Gasteiger partial charge is 0.228 e. The van der Waals surface area contributed by atoms with Gasteiger partial charge in [-0.05, 0) is 30.2 Å². The van der Waals surface area contributed by atoms with Gasteiger partial charge in [-0.25, -0.2) is 0 Å². The third-order valence-corrected chi connectivity index (χ3v) is 4.28. The minimum absolute atomic E-state index is 0.0281. The standard InChI is InChI=1S/C15H16N2O2S/c1-3-12-6-11(8-16)4-5-14(12)17-9-13(7-15(17)19)20-10(2)18/h4-6,13H,3,7,9H2,1-2H3. The van der Waals surface area contributed by atoms with Gasteiger partial charge < -0.3 is 4.90 Å². The first-order valence-corrected chi connectivity index (χ1v) is 7.43. The van der Waals surface area contributed by atoms with Gasteiger partial charge in [-0.2, -0.15) is 5.26 Å². The zero-order valence-electron chi connectivity index (χ0n) is 11.5. The SMILES string of the molecule is CCc1cc(C#N)ccc1N1CC(SC(C)=O)CC1=O. The summed E-state index contributed by atoms with van der Waals surface area (Å²) in [5, 5.41) is 9.01. The van der Waals surface area contributed by atoms with Crippen molar-refractivity contribution in [3.05, 3.63) is 29.3 Å². The Hall–Kier alpha value is -1.80. The van der Waals surface area contributed by atoms with Crippen LogP contribution in [0.5, 0.6) is 0 Å². The fourth-order valence-corrected chi connectivity index (χ4v) is 3.34. The molecule has 1 amide bonds. The number of anilines is 1. The predicted octanol–water partition coefficient (Wildman–Crippen LogP) is 2.51. The molecule has 1 heterocycles. The number of benzene rings is 1. The third kappa shape index (κ3) is 3.02. The number of carbonyl (C=O) groups excluding carboxylic acids is 2. The quantitative estimate of drug-likeness (QED) is 0.857. The summed E-state index contributed by atoms with van der Waals surface area (Å²) < 4.78 is 0. The van der Waals surface area contributed by atoms with Gasteiger partial charge in [0.25, 0.3) is 0 Å². The van der Waals surface area contributed by atoms with Gasteiger partial charge in [-0.1, -0.05) is 18.7 Å². The lowest BCUT2D eigenvalue weighted by Crippen LogP contribution is -2.26. The lowest BCUT2D eigenvalue weighted by atomic mass is 10.1. The number of carbonyl (C=O) groups is 2. The zero-order chi connectivity index (χ0) is 14.7. The maximum atomic E-state index is 12.1. The lowest BCUT2D eigenvalue weighted by molar-refractivity contribution is -0.117. The van der Waals surface area contributed by atoms with E-state index in [1.165, 1.54) is 18.7 Å². The summed E-state index contributed by atoms with van der Waals surface area (Å²) in [4.78, 5) is 25.0. The van der Waals surface area contributed by atoms with Gasteiger partial charge in [0.1, 0.15) is 0 Å². The average Bonchev–Trinajstić information content (AvgIpc) is 2.77. The molecule has 0 aromatic heterocycles. The predicted molar refractivity (Wildman–Crippen MR) is 79.6 cm³/mol. The maximum Gasteiger partial charge on any atom is 0.228 e. The minimum atomic E-state index is 0.0281. The van der Waals surface area contributed by atoms with E-state index >= 15 is 0 Å². The second-order valence-electron chi connectivity index (χ2n) is 4.75. The summed E-state index contributed by atoms with van der Waals surface area (Å²) in [5.74, 6) is 0.0446. The van der Waals surface area contributed by atoms with Gasteiger partial charge in [0.15, 0.2) is 5.12 Å². The van der Waals surface area contributed by atoms with Crippen molar-refractivity contribution in [2.45, 2.75) is 31.9 Å². The van der Waals surface area contributed by atoms with Crippen LogP contribution in [0.3, 0.4) is 0 Å². The largest absolute Gasteiger partial charge is 0.311 e. The highest BCUT2D eigenvalue weighted by atomic mass is 32.2. The summed E-state index contributed by atoms with van der Waals surface area (Å²) in [6, 6.07) is 7.50. The molecule has 4 nitrogen and oxygen atoms in total. The highest BCUT2D eigenvalue weighted by Crippen LogP contribution is 2.31. The van der Waals surface area contributed by atoms with E-state index in [0.717, 1.165) is 17.7 Å². The number of hydrogen-bond acceptors (Lipinski definition) is 4. The normalized spacial score (nSPS) is 18.1. The number of hydrogen-bond donors (Lipinski definition) is 0.